The van der Waals surface area contributed by atoms with Crippen molar-refractivity contribution < 1.29 is 65.9 Å². The van der Waals surface area contributed by atoms with Gasteiger partial charge in [0.1, 0.15) is 0 Å². The van der Waals surface area contributed by atoms with Gasteiger partial charge in [0.2, 0.25) is 5.67 Å². The van der Waals surface area contributed by atoms with Gasteiger partial charge in [0, 0.05) is 0 Å². The molecule has 0 bridgehead atoms. The van der Waals surface area contributed by atoms with E-state index in [0.29, 0.717) is 0 Å². The third-order valence-electron chi connectivity index (χ3n) is 3.06. The Morgan fingerprint density at radius 3 is 0.917 bits per heavy atom. The maximum Gasteiger partial charge on any atom is 0.460 e. The van der Waals surface area contributed by atoms with Crippen molar-refractivity contribution in [3.05, 3.63) is 0 Å². The highest BCUT2D eigenvalue weighted by Gasteiger charge is 2.93. The molecular weight excluding hydrogens is 393 g/mol. The van der Waals surface area contributed by atoms with Gasteiger partial charge in [-0.3, -0.25) is 0 Å². The Morgan fingerprint density at radius 1 is 0.458 bits per heavy atom. The molecule has 0 aromatic heterocycles. The smallest absolute Gasteiger partial charge is 0.233 e. The summed E-state index contributed by atoms with van der Waals surface area (Å²) >= 11 is 0. The first-order chi connectivity index (χ1) is 10.1. The molecule has 0 aromatic carbocycles. The van der Waals surface area contributed by atoms with Crippen LogP contribution in [0.15, 0.2) is 0 Å². The summed E-state index contributed by atoms with van der Waals surface area (Å²) in [4.78, 5) is 0. The zero-order chi connectivity index (χ0) is 20.2. The van der Waals surface area contributed by atoms with E-state index in [1.54, 1.807) is 0 Å². The van der Waals surface area contributed by atoms with Gasteiger partial charge in [0.25, 0.3) is 0 Å². The number of halogens is 15. The van der Waals surface area contributed by atoms with Crippen molar-refractivity contribution in [2.75, 3.05) is 0 Å². The second-order valence-corrected chi connectivity index (χ2v) is 4.46. The summed E-state index contributed by atoms with van der Waals surface area (Å²) < 4.78 is 189. The first kappa shape index (κ1) is 22.9. The van der Waals surface area contributed by atoms with Crippen LogP contribution < -0.4 is 0 Å². The molecule has 0 aromatic rings. The zero-order valence-electron chi connectivity index (χ0n) is 10.9. The lowest BCUT2D eigenvalue weighted by molar-refractivity contribution is -0.441. The predicted octanol–water partition coefficient (Wildman–Crippen LogP) is 5.77. The molecule has 146 valence electrons. The Kier molecular flexibility index (Phi) is 5.23. The van der Waals surface area contributed by atoms with E-state index in [0.717, 1.165) is 0 Å². The van der Waals surface area contributed by atoms with Crippen molar-refractivity contribution in [3.63, 3.8) is 0 Å². The fourth-order valence-corrected chi connectivity index (χ4v) is 1.72. The summed E-state index contributed by atoms with van der Waals surface area (Å²) in [6, 6.07) is 0. The van der Waals surface area contributed by atoms with Crippen molar-refractivity contribution in [2.45, 2.75) is 55.1 Å². The molecule has 0 saturated carbocycles. The Balaban J connectivity index is 6.87. The van der Waals surface area contributed by atoms with E-state index in [1.807, 2.05) is 0 Å². The normalized spacial score (nSPS) is 18.5. The second kappa shape index (κ2) is 5.47. The topological polar surface area (TPSA) is 0 Å². The van der Waals surface area contributed by atoms with E-state index < -0.39 is 48.1 Å². The largest absolute Gasteiger partial charge is 0.460 e. The molecule has 0 radical (unpaired) electrons. The molecule has 0 spiro atoms. The average molecular weight is 398 g/mol. The molecule has 1 unspecified atom stereocenters. The van der Waals surface area contributed by atoms with Gasteiger partial charge in [0.15, 0.2) is 0 Å². The van der Waals surface area contributed by atoms with Gasteiger partial charge in [-0.15, -0.1) is 0 Å². The van der Waals surface area contributed by atoms with Crippen LogP contribution in [0.3, 0.4) is 0 Å². The Morgan fingerprint density at radius 2 is 0.750 bits per heavy atom. The first-order valence-electron chi connectivity index (χ1n) is 5.40. The van der Waals surface area contributed by atoms with Crippen LogP contribution in [-0.4, -0.2) is 41.7 Å². The number of rotatable bonds is 4. The molecule has 0 aliphatic heterocycles. The van der Waals surface area contributed by atoms with Gasteiger partial charge in [-0.05, 0) is 6.42 Å². The number of hydrogen-bond donors (Lipinski definition) is 0. The maximum atomic E-state index is 13.8. The summed E-state index contributed by atoms with van der Waals surface area (Å²) in [5.74, 6) is -15.5. The minimum absolute atomic E-state index is 0.383. The highest BCUT2D eigenvalue weighted by Crippen LogP contribution is 2.64. The Bertz CT molecular complexity index is 437. The standard InChI is InChI=1S/C9H5F15/c1-2-3(10,4(11,7(16,17)18)8(19,20)21)5(12,13)6(14,15)9(22,23)24/h2H2,1H3. The van der Waals surface area contributed by atoms with Crippen LogP contribution in [0, 0.1) is 0 Å². The average Bonchev–Trinajstić information content (AvgIpc) is 2.31. The number of hydrogen-bond acceptors (Lipinski definition) is 0. The van der Waals surface area contributed by atoms with Crippen LogP contribution in [0.5, 0.6) is 0 Å². The van der Waals surface area contributed by atoms with Crippen molar-refractivity contribution in [1.82, 2.24) is 0 Å². The van der Waals surface area contributed by atoms with Crippen molar-refractivity contribution in [3.8, 4) is 0 Å². The molecule has 0 fully saturated rings. The molecule has 0 aliphatic carbocycles. The molecular formula is C9H5F15. The Labute approximate surface area is 122 Å². The lowest BCUT2D eigenvalue weighted by Gasteiger charge is -2.46. The summed E-state index contributed by atoms with van der Waals surface area (Å²) in [5.41, 5.74) is -14.7. The first-order valence-corrected chi connectivity index (χ1v) is 5.40. The van der Waals surface area contributed by atoms with Gasteiger partial charge >= 0.3 is 36.0 Å². The molecule has 0 amide bonds. The molecule has 0 heterocycles. The third-order valence-corrected chi connectivity index (χ3v) is 3.06. The fraction of sp³-hybridized carbons (Fsp3) is 1.00. The maximum absolute atomic E-state index is 13.8. The molecule has 0 nitrogen and oxygen atoms in total. The monoisotopic (exact) mass is 398 g/mol. The fourth-order valence-electron chi connectivity index (χ4n) is 1.72. The van der Waals surface area contributed by atoms with E-state index in [-0.39, 0.29) is 6.92 Å². The SMILES string of the molecule is CCC(F)(C(F)(F)C(F)(F)C(F)(F)F)C(F)(C(F)(F)F)C(F)(F)F. The van der Waals surface area contributed by atoms with E-state index in [4.69, 9.17) is 0 Å². The van der Waals surface area contributed by atoms with Crippen molar-refractivity contribution in [2.24, 2.45) is 0 Å². The summed E-state index contributed by atoms with van der Waals surface area (Å²) in [6.45, 7) is -0.383. The summed E-state index contributed by atoms with van der Waals surface area (Å²) in [7, 11) is 0. The van der Waals surface area contributed by atoms with Gasteiger partial charge in [-0.1, -0.05) is 6.92 Å². The van der Waals surface area contributed by atoms with Gasteiger partial charge < -0.3 is 0 Å². The van der Waals surface area contributed by atoms with E-state index in [2.05, 4.69) is 0 Å². The molecule has 0 rings (SSSR count). The van der Waals surface area contributed by atoms with Gasteiger partial charge in [0.05, 0.1) is 0 Å². The molecule has 15 heteroatoms. The molecule has 0 N–H and O–H groups in total. The summed E-state index contributed by atoms with van der Waals surface area (Å²) in [6.07, 6.45) is -25.7. The molecule has 1 atom stereocenters. The molecule has 0 aliphatic rings. The third kappa shape index (κ3) is 2.66. The highest BCUT2D eigenvalue weighted by atomic mass is 19.4. The van der Waals surface area contributed by atoms with E-state index >= 15 is 0 Å². The van der Waals surface area contributed by atoms with Crippen LogP contribution >= 0.6 is 0 Å². The Hall–Kier alpha value is -1.05. The van der Waals surface area contributed by atoms with Crippen LogP contribution in [-0.2, 0) is 0 Å². The quantitative estimate of drug-likeness (QED) is 0.528. The summed E-state index contributed by atoms with van der Waals surface area (Å²) in [5, 5.41) is 0. The van der Waals surface area contributed by atoms with Crippen LogP contribution in [0.1, 0.15) is 13.3 Å². The molecule has 24 heavy (non-hydrogen) atoms. The van der Waals surface area contributed by atoms with Gasteiger partial charge in [-0.2, -0.15) is 57.1 Å². The minimum Gasteiger partial charge on any atom is -0.233 e. The van der Waals surface area contributed by atoms with Crippen molar-refractivity contribution >= 4 is 0 Å². The highest BCUT2D eigenvalue weighted by molar-refractivity contribution is 5.19. The van der Waals surface area contributed by atoms with E-state index in [9.17, 15) is 65.9 Å². The number of alkyl halides is 15. The van der Waals surface area contributed by atoms with Crippen LogP contribution in [0.2, 0.25) is 0 Å². The minimum atomic E-state index is -7.76. The predicted molar refractivity (Wildman–Crippen MR) is 46.0 cm³/mol. The van der Waals surface area contributed by atoms with E-state index in [1.165, 1.54) is 0 Å². The molecule has 0 saturated heterocycles. The second-order valence-electron chi connectivity index (χ2n) is 4.46. The van der Waals surface area contributed by atoms with Gasteiger partial charge in [-0.25, -0.2) is 8.78 Å². The van der Waals surface area contributed by atoms with Crippen molar-refractivity contribution in [1.29, 1.82) is 0 Å². The lowest BCUT2D eigenvalue weighted by Crippen LogP contribution is -2.76. The lowest BCUT2D eigenvalue weighted by atomic mass is 9.75. The zero-order valence-corrected chi connectivity index (χ0v) is 10.9. The van der Waals surface area contributed by atoms with Crippen LogP contribution in [0.25, 0.3) is 0 Å². The van der Waals surface area contributed by atoms with Crippen LogP contribution in [0.4, 0.5) is 65.9 Å².